The number of carbonyl (C=O) groups is 3. The number of carbonyl (C=O) groups excluding carboxylic acids is 3. The van der Waals surface area contributed by atoms with Crippen LogP contribution in [-0.2, 0) is 20.7 Å². The SMILES string of the molecule is C[C@@H](NC(=O)OC(C)(C)C)[C@@H](C)C(=O)Nc1ccc(CC(=O)N(C)C)cc1. The molecule has 150 valence electrons. The van der Waals surface area contributed by atoms with E-state index in [0.717, 1.165) is 5.56 Å². The minimum atomic E-state index is -0.592. The zero-order valence-corrected chi connectivity index (χ0v) is 17.3. The molecule has 27 heavy (non-hydrogen) atoms. The number of alkyl carbamates (subject to hydrolysis) is 1. The van der Waals surface area contributed by atoms with Gasteiger partial charge in [0.05, 0.1) is 12.3 Å². The maximum Gasteiger partial charge on any atom is 0.407 e. The predicted molar refractivity (Wildman–Crippen MR) is 105 cm³/mol. The van der Waals surface area contributed by atoms with Gasteiger partial charge in [-0.25, -0.2) is 4.79 Å². The van der Waals surface area contributed by atoms with Gasteiger partial charge in [-0.05, 0) is 45.4 Å². The summed E-state index contributed by atoms with van der Waals surface area (Å²) in [7, 11) is 3.43. The molecule has 1 rings (SSSR count). The first-order valence-corrected chi connectivity index (χ1v) is 8.98. The van der Waals surface area contributed by atoms with E-state index in [1.165, 1.54) is 4.90 Å². The van der Waals surface area contributed by atoms with E-state index in [2.05, 4.69) is 10.6 Å². The Morgan fingerprint density at radius 2 is 1.63 bits per heavy atom. The molecule has 0 bridgehead atoms. The van der Waals surface area contributed by atoms with Crippen molar-refractivity contribution < 1.29 is 19.1 Å². The summed E-state index contributed by atoms with van der Waals surface area (Å²) in [4.78, 5) is 37.5. The number of anilines is 1. The fourth-order valence-corrected chi connectivity index (χ4v) is 2.14. The summed E-state index contributed by atoms with van der Waals surface area (Å²) in [6.45, 7) is 8.83. The van der Waals surface area contributed by atoms with E-state index >= 15 is 0 Å². The molecule has 0 saturated heterocycles. The molecule has 2 atom stereocenters. The average Bonchev–Trinajstić information content (AvgIpc) is 2.53. The van der Waals surface area contributed by atoms with Gasteiger partial charge in [-0.2, -0.15) is 0 Å². The van der Waals surface area contributed by atoms with Crippen molar-refractivity contribution in [2.75, 3.05) is 19.4 Å². The third-order valence-electron chi connectivity index (χ3n) is 3.98. The Morgan fingerprint density at radius 3 is 2.11 bits per heavy atom. The van der Waals surface area contributed by atoms with Crippen LogP contribution < -0.4 is 10.6 Å². The van der Waals surface area contributed by atoms with Gasteiger partial charge in [0.15, 0.2) is 0 Å². The fourth-order valence-electron chi connectivity index (χ4n) is 2.14. The lowest BCUT2D eigenvalue weighted by atomic mass is 10.0. The predicted octanol–water partition coefficient (Wildman–Crippen LogP) is 2.81. The summed E-state index contributed by atoms with van der Waals surface area (Å²) in [6, 6.07) is 6.74. The lowest BCUT2D eigenvalue weighted by Crippen LogP contribution is -2.44. The molecule has 0 aromatic heterocycles. The highest BCUT2D eigenvalue weighted by atomic mass is 16.6. The van der Waals surface area contributed by atoms with E-state index in [4.69, 9.17) is 4.74 Å². The number of rotatable bonds is 6. The summed E-state index contributed by atoms with van der Waals surface area (Å²) in [6.07, 6.45) is -0.237. The highest BCUT2D eigenvalue weighted by Gasteiger charge is 2.24. The van der Waals surface area contributed by atoms with Crippen LogP contribution in [-0.4, -0.2) is 48.5 Å². The number of amides is 3. The van der Waals surface area contributed by atoms with E-state index in [1.54, 1.807) is 60.8 Å². The maximum absolute atomic E-state index is 12.4. The number of ether oxygens (including phenoxy) is 1. The molecular weight excluding hydrogens is 346 g/mol. The average molecular weight is 377 g/mol. The standard InChI is InChI=1S/C20H31N3O4/c1-13(14(2)21-19(26)27-20(3,4)5)18(25)22-16-10-8-15(9-11-16)12-17(24)23(6)7/h8-11,13-14H,12H2,1-7H3,(H,21,26)(H,22,25)/t13-,14-/m1/s1. The van der Waals surface area contributed by atoms with E-state index in [-0.39, 0.29) is 11.8 Å². The smallest absolute Gasteiger partial charge is 0.407 e. The van der Waals surface area contributed by atoms with Gasteiger partial charge in [-0.15, -0.1) is 0 Å². The van der Waals surface area contributed by atoms with Crippen LogP contribution in [0.2, 0.25) is 0 Å². The van der Waals surface area contributed by atoms with Gasteiger partial charge < -0.3 is 20.3 Å². The zero-order chi connectivity index (χ0) is 20.8. The minimum absolute atomic E-state index is 0.0162. The molecule has 1 aromatic rings. The molecule has 0 aliphatic heterocycles. The third kappa shape index (κ3) is 8.11. The van der Waals surface area contributed by atoms with Crippen molar-refractivity contribution in [3.05, 3.63) is 29.8 Å². The number of hydrogen-bond acceptors (Lipinski definition) is 4. The van der Waals surface area contributed by atoms with Crippen LogP contribution in [0.3, 0.4) is 0 Å². The fraction of sp³-hybridized carbons (Fsp3) is 0.550. The van der Waals surface area contributed by atoms with Gasteiger partial charge in [0.25, 0.3) is 0 Å². The van der Waals surface area contributed by atoms with Crippen LogP contribution in [0.1, 0.15) is 40.2 Å². The Balaban J connectivity index is 2.59. The van der Waals surface area contributed by atoms with Gasteiger partial charge in [0.1, 0.15) is 5.60 Å². The van der Waals surface area contributed by atoms with Crippen molar-refractivity contribution in [3.63, 3.8) is 0 Å². The highest BCUT2D eigenvalue weighted by molar-refractivity contribution is 5.93. The zero-order valence-electron chi connectivity index (χ0n) is 17.3. The summed E-state index contributed by atoms with van der Waals surface area (Å²) < 4.78 is 5.21. The summed E-state index contributed by atoms with van der Waals surface area (Å²) in [5.41, 5.74) is 0.919. The second kappa shape index (κ2) is 9.39. The quantitative estimate of drug-likeness (QED) is 0.798. The van der Waals surface area contributed by atoms with Crippen molar-refractivity contribution >= 4 is 23.6 Å². The van der Waals surface area contributed by atoms with Crippen molar-refractivity contribution in [1.82, 2.24) is 10.2 Å². The third-order valence-corrected chi connectivity index (χ3v) is 3.98. The van der Waals surface area contributed by atoms with E-state index in [0.29, 0.717) is 12.1 Å². The molecule has 0 unspecified atom stereocenters. The molecule has 3 amide bonds. The number of benzene rings is 1. The number of nitrogens with one attached hydrogen (secondary N) is 2. The second-order valence-corrected chi connectivity index (χ2v) is 7.87. The molecule has 0 aliphatic rings. The summed E-state index contributed by atoms with van der Waals surface area (Å²) in [5.74, 6) is -0.648. The minimum Gasteiger partial charge on any atom is -0.444 e. The van der Waals surface area contributed by atoms with Crippen LogP contribution in [0.4, 0.5) is 10.5 Å². The Hall–Kier alpha value is -2.57. The largest absolute Gasteiger partial charge is 0.444 e. The van der Waals surface area contributed by atoms with Gasteiger partial charge in [-0.1, -0.05) is 19.1 Å². The maximum atomic E-state index is 12.4. The number of hydrogen-bond donors (Lipinski definition) is 2. The molecule has 0 saturated carbocycles. The molecule has 0 aliphatic carbocycles. The van der Waals surface area contributed by atoms with Crippen LogP contribution in [0.15, 0.2) is 24.3 Å². The Bertz CT molecular complexity index is 663. The van der Waals surface area contributed by atoms with Gasteiger partial charge >= 0.3 is 6.09 Å². The summed E-state index contributed by atoms with van der Waals surface area (Å²) in [5, 5.41) is 5.50. The van der Waals surface area contributed by atoms with Crippen LogP contribution in [0.5, 0.6) is 0 Å². The molecule has 7 nitrogen and oxygen atoms in total. The normalized spacial score (nSPS) is 13.3. The van der Waals surface area contributed by atoms with E-state index in [9.17, 15) is 14.4 Å². The van der Waals surface area contributed by atoms with Crippen LogP contribution in [0.25, 0.3) is 0 Å². The van der Waals surface area contributed by atoms with Crippen molar-refractivity contribution in [3.8, 4) is 0 Å². The first-order valence-electron chi connectivity index (χ1n) is 8.98. The molecule has 0 heterocycles. The molecule has 0 radical (unpaired) electrons. The first kappa shape index (κ1) is 22.5. The Labute approximate surface area is 161 Å². The summed E-state index contributed by atoms with van der Waals surface area (Å²) >= 11 is 0. The molecule has 7 heteroatoms. The van der Waals surface area contributed by atoms with E-state index < -0.39 is 23.7 Å². The van der Waals surface area contributed by atoms with Gasteiger partial charge in [-0.3, -0.25) is 9.59 Å². The Kier molecular flexibility index (Phi) is 7.82. The molecule has 2 N–H and O–H groups in total. The first-order chi connectivity index (χ1) is 12.4. The number of likely N-dealkylation sites (N-methyl/N-ethyl adjacent to an activating group) is 1. The van der Waals surface area contributed by atoms with Crippen LogP contribution in [0, 0.1) is 5.92 Å². The number of nitrogens with zero attached hydrogens (tertiary/aromatic N) is 1. The molecular formula is C20H31N3O4. The van der Waals surface area contributed by atoms with Crippen molar-refractivity contribution in [2.24, 2.45) is 5.92 Å². The lowest BCUT2D eigenvalue weighted by Gasteiger charge is -2.24. The monoisotopic (exact) mass is 377 g/mol. The Morgan fingerprint density at radius 1 is 1.07 bits per heavy atom. The van der Waals surface area contributed by atoms with Gasteiger partial charge in [0, 0.05) is 25.8 Å². The highest BCUT2D eigenvalue weighted by Crippen LogP contribution is 2.14. The second-order valence-electron chi connectivity index (χ2n) is 7.87. The van der Waals surface area contributed by atoms with Crippen molar-refractivity contribution in [1.29, 1.82) is 0 Å². The molecule has 0 fully saturated rings. The molecule has 0 spiro atoms. The van der Waals surface area contributed by atoms with Crippen LogP contribution >= 0.6 is 0 Å². The lowest BCUT2D eigenvalue weighted by molar-refractivity contribution is -0.128. The van der Waals surface area contributed by atoms with E-state index in [1.807, 2.05) is 12.1 Å². The van der Waals surface area contributed by atoms with Crippen molar-refractivity contribution in [2.45, 2.75) is 52.7 Å². The topological polar surface area (TPSA) is 87.7 Å². The van der Waals surface area contributed by atoms with Gasteiger partial charge in [0.2, 0.25) is 11.8 Å². The molecule has 1 aromatic carbocycles.